The van der Waals surface area contributed by atoms with E-state index in [4.69, 9.17) is 0 Å². The molecule has 1 aromatic carbocycles. The van der Waals surface area contributed by atoms with E-state index < -0.39 is 0 Å². The number of nitrogens with zero attached hydrogens (tertiary/aromatic N) is 1. The summed E-state index contributed by atoms with van der Waals surface area (Å²) in [4.78, 5) is 0. The second-order valence-electron chi connectivity index (χ2n) is 4.89. The Balaban J connectivity index is 0.00000144. The number of rotatable bonds is 3. The van der Waals surface area contributed by atoms with Crippen molar-refractivity contribution in [3.63, 3.8) is 0 Å². The Labute approximate surface area is 121 Å². The van der Waals surface area contributed by atoms with Gasteiger partial charge in [-0.2, -0.15) is 4.57 Å². The number of fused-ring (bicyclic) bond motifs is 1. The molecule has 2 rings (SSSR count). The van der Waals surface area contributed by atoms with Gasteiger partial charge in [-0.3, -0.25) is 0 Å². The Morgan fingerprint density at radius 3 is 2.59 bits per heavy atom. The van der Waals surface area contributed by atoms with Crippen LogP contribution in [-0.4, -0.2) is 0 Å². The van der Waals surface area contributed by atoms with Crippen LogP contribution in [0, 0.1) is 12.8 Å². The Morgan fingerprint density at radius 1 is 1.12 bits per heavy atom. The van der Waals surface area contributed by atoms with E-state index in [2.05, 4.69) is 61.9 Å². The first kappa shape index (κ1) is 14.4. The maximum atomic E-state index is 2.36. The molecule has 0 unspecified atom stereocenters. The van der Waals surface area contributed by atoms with Gasteiger partial charge < -0.3 is 24.0 Å². The number of aryl methyl sites for hydroxylation is 2. The minimum absolute atomic E-state index is 0. The van der Waals surface area contributed by atoms with Crippen LogP contribution in [0.2, 0.25) is 0 Å². The molecule has 2 aromatic rings. The summed E-state index contributed by atoms with van der Waals surface area (Å²) >= 11 is 0. The molecule has 1 nitrogen and oxygen atoms in total. The molecule has 0 radical (unpaired) electrons. The van der Waals surface area contributed by atoms with Crippen molar-refractivity contribution < 1.29 is 28.5 Å². The molecule has 0 fully saturated rings. The second kappa shape index (κ2) is 6.34. The summed E-state index contributed by atoms with van der Waals surface area (Å²) in [5.41, 5.74) is 2.71. The van der Waals surface area contributed by atoms with Crippen molar-refractivity contribution >= 4 is 10.9 Å². The van der Waals surface area contributed by atoms with Crippen LogP contribution in [0.4, 0.5) is 0 Å². The maximum absolute atomic E-state index is 2.36. The average molecular weight is 341 g/mol. The number of halogens is 1. The van der Waals surface area contributed by atoms with Crippen molar-refractivity contribution in [3.8, 4) is 0 Å². The van der Waals surface area contributed by atoms with Crippen molar-refractivity contribution in [1.82, 2.24) is 0 Å². The third kappa shape index (κ3) is 3.41. The molecule has 0 spiro atoms. The lowest BCUT2D eigenvalue weighted by molar-refractivity contribution is -0.672. The first-order valence-electron chi connectivity index (χ1n) is 6.06. The van der Waals surface area contributed by atoms with Gasteiger partial charge >= 0.3 is 0 Å². The largest absolute Gasteiger partial charge is 1.00 e. The molecule has 1 aromatic heterocycles. The van der Waals surface area contributed by atoms with Gasteiger partial charge in [-0.25, -0.2) is 0 Å². The first-order valence-corrected chi connectivity index (χ1v) is 6.06. The zero-order chi connectivity index (χ0) is 11.5. The Bertz CT molecular complexity index is 491. The monoisotopic (exact) mass is 341 g/mol. The van der Waals surface area contributed by atoms with Crippen LogP contribution < -0.4 is 28.5 Å². The molecule has 0 N–H and O–H groups in total. The topological polar surface area (TPSA) is 3.88 Å². The Hall–Kier alpha value is -0.640. The predicted molar refractivity (Wildman–Crippen MR) is 68.3 cm³/mol. The van der Waals surface area contributed by atoms with Gasteiger partial charge in [-0.15, -0.1) is 0 Å². The second-order valence-corrected chi connectivity index (χ2v) is 4.89. The predicted octanol–water partition coefficient (Wildman–Crippen LogP) is 0.486. The zero-order valence-corrected chi connectivity index (χ0v) is 12.9. The van der Waals surface area contributed by atoms with Crippen LogP contribution in [-0.2, 0) is 6.54 Å². The van der Waals surface area contributed by atoms with Crippen LogP contribution in [0.5, 0.6) is 0 Å². The van der Waals surface area contributed by atoms with Gasteiger partial charge in [-0.05, 0) is 24.5 Å². The summed E-state index contributed by atoms with van der Waals surface area (Å²) < 4.78 is 2.36. The summed E-state index contributed by atoms with van der Waals surface area (Å²) in [7, 11) is 0. The van der Waals surface area contributed by atoms with E-state index in [-0.39, 0.29) is 24.0 Å². The molecule has 0 aliphatic rings. The fourth-order valence-corrected chi connectivity index (χ4v) is 2.05. The van der Waals surface area contributed by atoms with Gasteiger partial charge in [0.15, 0.2) is 6.20 Å². The van der Waals surface area contributed by atoms with Crippen molar-refractivity contribution in [2.75, 3.05) is 0 Å². The molecule has 1 heterocycles. The van der Waals surface area contributed by atoms with Crippen LogP contribution in [0.1, 0.15) is 25.8 Å². The maximum Gasteiger partial charge on any atom is 0.212 e. The van der Waals surface area contributed by atoms with Crippen molar-refractivity contribution in [1.29, 1.82) is 0 Å². The van der Waals surface area contributed by atoms with E-state index in [0.29, 0.717) is 0 Å². The van der Waals surface area contributed by atoms with Gasteiger partial charge in [0.25, 0.3) is 0 Å². The quantitative estimate of drug-likeness (QED) is 0.565. The van der Waals surface area contributed by atoms with Crippen LogP contribution in [0.25, 0.3) is 10.9 Å². The molecular weight excluding hydrogens is 321 g/mol. The molecule has 17 heavy (non-hydrogen) atoms. The Morgan fingerprint density at radius 2 is 1.88 bits per heavy atom. The minimum atomic E-state index is 0. The summed E-state index contributed by atoms with van der Waals surface area (Å²) in [5.74, 6) is 0.757. The van der Waals surface area contributed by atoms with Crippen LogP contribution in [0.15, 0.2) is 36.5 Å². The van der Waals surface area contributed by atoms with Crippen LogP contribution in [0.3, 0.4) is 0 Å². The highest BCUT2D eigenvalue weighted by Crippen LogP contribution is 2.14. The number of hydrogen-bond acceptors (Lipinski definition) is 0. The fraction of sp³-hybridized carbons (Fsp3) is 0.400. The molecule has 2 heteroatoms. The van der Waals surface area contributed by atoms with Crippen molar-refractivity contribution in [3.05, 3.63) is 42.1 Å². The highest BCUT2D eigenvalue weighted by molar-refractivity contribution is 5.78. The lowest BCUT2D eigenvalue weighted by Crippen LogP contribution is -3.00. The third-order valence-corrected chi connectivity index (χ3v) is 3.09. The summed E-state index contributed by atoms with van der Waals surface area (Å²) in [6.07, 6.45) is 3.42. The fourth-order valence-electron chi connectivity index (χ4n) is 2.05. The Kier molecular flexibility index (Phi) is 5.37. The van der Waals surface area contributed by atoms with Gasteiger partial charge in [0.2, 0.25) is 5.52 Å². The minimum Gasteiger partial charge on any atom is -1.00 e. The highest BCUT2D eigenvalue weighted by atomic mass is 127. The van der Waals surface area contributed by atoms with E-state index >= 15 is 0 Å². The number of benzene rings is 1. The summed E-state index contributed by atoms with van der Waals surface area (Å²) in [5, 5.41) is 1.37. The van der Waals surface area contributed by atoms with Crippen molar-refractivity contribution in [2.24, 2.45) is 5.92 Å². The van der Waals surface area contributed by atoms with Gasteiger partial charge in [0.05, 0.1) is 0 Å². The molecule has 0 aliphatic carbocycles. The van der Waals surface area contributed by atoms with Gasteiger partial charge in [0.1, 0.15) is 6.54 Å². The smallest absolute Gasteiger partial charge is 0.212 e. The molecule has 0 saturated carbocycles. The van der Waals surface area contributed by atoms with E-state index in [9.17, 15) is 0 Å². The standard InChI is InChI=1S/C15H20N.HI/c1-12(2)9-11-16-10-5-7-14-13(3)6-4-8-15(14)16;/h4-8,10,12H,9,11H2,1-3H3;1H/q+1;/p-1. The lowest BCUT2D eigenvalue weighted by Gasteiger charge is -2.04. The average Bonchev–Trinajstić information content (AvgIpc) is 2.27. The lowest BCUT2D eigenvalue weighted by atomic mass is 10.1. The van der Waals surface area contributed by atoms with E-state index in [0.717, 1.165) is 12.5 Å². The number of pyridine rings is 1. The van der Waals surface area contributed by atoms with E-state index in [1.54, 1.807) is 0 Å². The molecule has 92 valence electrons. The number of aromatic nitrogens is 1. The summed E-state index contributed by atoms with van der Waals surface area (Å²) in [6, 6.07) is 10.9. The SMILES string of the molecule is Cc1cccc2c1ccc[n+]2CCC(C)C.[I-]. The highest BCUT2D eigenvalue weighted by Gasteiger charge is 2.09. The zero-order valence-electron chi connectivity index (χ0n) is 10.8. The van der Waals surface area contributed by atoms with Crippen LogP contribution >= 0.6 is 0 Å². The first-order chi connectivity index (χ1) is 7.68. The molecule has 0 amide bonds. The summed E-state index contributed by atoms with van der Waals surface area (Å²) in [6.45, 7) is 7.83. The van der Waals surface area contributed by atoms with Crippen molar-refractivity contribution in [2.45, 2.75) is 33.7 Å². The number of hydrogen-bond donors (Lipinski definition) is 0. The van der Waals surface area contributed by atoms with Gasteiger partial charge in [0, 0.05) is 23.9 Å². The van der Waals surface area contributed by atoms with E-state index in [1.165, 1.54) is 22.9 Å². The third-order valence-electron chi connectivity index (χ3n) is 3.09. The van der Waals surface area contributed by atoms with E-state index in [1.807, 2.05) is 0 Å². The molecule has 0 aliphatic heterocycles. The molecule has 0 saturated heterocycles. The van der Waals surface area contributed by atoms with Gasteiger partial charge in [-0.1, -0.05) is 26.0 Å². The molecule has 0 bridgehead atoms. The molecular formula is C15H20IN. The normalized spacial score (nSPS) is 10.6. The molecule has 0 atom stereocenters.